The zero-order valence-electron chi connectivity index (χ0n) is 16.6. The molecule has 0 fully saturated rings. The molecule has 0 aromatic heterocycles. The Morgan fingerprint density at radius 2 is 1.82 bits per heavy atom. The fourth-order valence-corrected chi connectivity index (χ4v) is 2.46. The second-order valence-corrected chi connectivity index (χ2v) is 6.07. The Balaban J connectivity index is 0.00000392. The lowest BCUT2D eigenvalue weighted by atomic mass is 10.1. The quantitative estimate of drug-likeness (QED) is 0.227. The van der Waals surface area contributed by atoms with Gasteiger partial charge in [0.15, 0.2) is 5.96 Å². The molecule has 1 amide bonds. The summed E-state index contributed by atoms with van der Waals surface area (Å²) in [6, 6.07) is 15.5. The van der Waals surface area contributed by atoms with E-state index >= 15 is 0 Å². The van der Waals surface area contributed by atoms with Crippen LogP contribution in [-0.2, 0) is 6.54 Å². The molecule has 2 aromatic rings. The first-order valence-electron chi connectivity index (χ1n) is 9.13. The Hall–Kier alpha value is -2.29. The van der Waals surface area contributed by atoms with Gasteiger partial charge in [0.25, 0.3) is 5.91 Å². The SMILES string of the molecule is CCNC(=O)c1cccc(CNC(=NC)NCCOc2ccc(C)cc2)c1.I. The van der Waals surface area contributed by atoms with Gasteiger partial charge in [-0.2, -0.15) is 0 Å². The van der Waals surface area contributed by atoms with Gasteiger partial charge in [-0.15, -0.1) is 24.0 Å². The summed E-state index contributed by atoms with van der Waals surface area (Å²) in [5.41, 5.74) is 2.88. The van der Waals surface area contributed by atoms with Gasteiger partial charge in [0, 0.05) is 25.7 Å². The largest absolute Gasteiger partial charge is 0.492 e. The van der Waals surface area contributed by atoms with E-state index in [0.29, 0.717) is 37.8 Å². The molecule has 0 unspecified atom stereocenters. The standard InChI is InChI=1S/C21H28N4O2.HI/c1-4-23-20(26)18-7-5-6-17(14-18)15-25-21(22-3)24-12-13-27-19-10-8-16(2)9-11-19;/h5-11,14H,4,12-13,15H2,1-3H3,(H,23,26)(H2,22,24,25);1H. The molecule has 0 aliphatic carbocycles. The van der Waals surface area contributed by atoms with E-state index in [9.17, 15) is 4.79 Å². The van der Waals surface area contributed by atoms with Crippen LogP contribution in [0.2, 0.25) is 0 Å². The van der Waals surface area contributed by atoms with Crippen LogP contribution in [0.3, 0.4) is 0 Å². The minimum absolute atomic E-state index is 0. The van der Waals surface area contributed by atoms with Crippen molar-refractivity contribution in [3.05, 3.63) is 65.2 Å². The molecule has 0 bridgehead atoms. The van der Waals surface area contributed by atoms with E-state index in [0.717, 1.165) is 11.3 Å². The van der Waals surface area contributed by atoms with E-state index in [2.05, 4.69) is 20.9 Å². The third-order valence-corrected chi connectivity index (χ3v) is 3.89. The lowest BCUT2D eigenvalue weighted by molar-refractivity contribution is 0.0955. The smallest absolute Gasteiger partial charge is 0.251 e. The van der Waals surface area contributed by atoms with E-state index in [-0.39, 0.29) is 29.9 Å². The van der Waals surface area contributed by atoms with Crippen molar-refractivity contribution in [1.29, 1.82) is 0 Å². The zero-order valence-corrected chi connectivity index (χ0v) is 18.9. The molecular formula is C21H29IN4O2. The fourth-order valence-electron chi connectivity index (χ4n) is 2.46. The highest BCUT2D eigenvalue weighted by molar-refractivity contribution is 14.0. The second-order valence-electron chi connectivity index (χ2n) is 6.07. The third kappa shape index (κ3) is 8.16. The number of aryl methyl sites for hydroxylation is 1. The number of rotatable bonds is 8. The zero-order chi connectivity index (χ0) is 19.5. The predicted octanol–water partition coefficient (Wildman–Crippen LogP) is 3.11. The molecule has 28 heavy (non-hydrogen) atoms. The summed E-state index contributed by atoms with van der Waals surface area (Å²) in [6.45, 7) is 6.31. The topological polar surface area (TPSA) is 74.8 Å². The van der Waals surface area contributed by atoms with Crippen LogP contribution in [0, 0.1) is 6.92 Å². The van der Waals surface area contributed by atoms with Crippen molar-refractivity contribution in [1.82, 2.24) is 16.0 Å². The lowest BCUT2D eigenvalue weighted by Crippen LogP contribution is -2.38. The maximum Gasteiger partial charge on any atom is 0.251 e. The van der Waals surface area contributed by atoms with Crippen molar-refractivity contribution in [2.75, 3.05) is 26.7 Å². The van der Waals surface area contributed by atoms with Crippen molar-refractivity contribution < 1.29 is 9.53 Å². The number of halogens is 1. The Bertz CT molecular complexity index is 763. The van der Waals surface area contributed by atoms with Gasteiger partial charge < -0.3 is 20.7 Å². The summed E-state index contributed by atoms with van der Waals surface area (Å²) >= 11 is 0. The molecule has 2 rings (SSSR count). The Labute approximate surface area is 184 Å². The third-order valence-electron chi connectivity index (χ3n) is 3.89. The first-order valence-corrected chi connectivity index (χ1v) is 9.13. The number of amides is 1. The van der Waals surface area contributed by atoms with Crippen molar-refractivity contribution >= 4 is 35.8 Å². The summed E-state index contributed by atoms with van der Waals surface area (Å²) in [6.07, 6.45) is 0. The maximum absolute atomic E-state index is 11.9. The molecule has 6 nitrogen and oxygen atoms in total. The van der Waals surface area contributed by atoms with Crippen LogP contribution in [0.1, 0.15) is 28.4 Å². The first-order chi connectivity index (χ1) is 13.1. The number of nitrogens with zero attached hydrogens (tertiary/aromatic N) is 1. The number of hydrogen-bond donors (Lipinski definition) is 3. The van der Waals surface area contributed by atoms with Crippen LogP contribution < -0.4 is 20.7 Å². The monoisotopic (exact) mass is 496 g/mol. The van der Waals surface area contributed by atoms with Crippen LogP contribution >= 0.6 is 24.0 Å². The second kappa shape index (κ2) is 13.0. The average molecular weight is 496 g/mol. The number of nitrogens with one attached hydrogen (secondary N) is 3. The summed E-state index contributed by atoms with van der Waals surface area (Å²) in [5.74, 6) is 1.48. The van der Waals surface area contributed by atoms with E-state index in [1.807, 2.05) is 62.4 Å². The molecule has 0 aliphatic rings. The molecule has 152 valence electrons. The normalized spacial score (nSPS) is 10.6. The number of benzene rings is 2. The Morgan fingerprint density at radius 1 is 1.07 bits per heavy atom. The molecule has 0 radical (unpaired) electrons. The molecule has 0 atom stereocenters. The van der Waals surface area contributed by atoms with Gasteiger partial charge in [0.1, 0.15) is 12.4 Å². The van der Waals surface area contributed by atoms with E-state index in [1.54, 1.807) is 7.05 Å². The minimum Gasteiger partial charge on any atom is -0.492 e. The molecule has 0 spiro atoms. The number of carbonyl (C=O) groups is 1. The van der Waals surface area contributed by atoms with E-state index in [1.165, 1.54) is 5.56 Å². The van der Waals surface area contributed by atoms with Crippen molar-refractivity contribution in [2.45, 2.75) is 20.4 Å². The predicted molar refractivity (Wildman–Crippen MR) is 125 cm³/mol. The number of carbonyl (C=O) groups excluding carboxylic acids is 1. The van der Waals surface area contributed by atoms with E-state index < -0.39 is 0 Å². The highest BCUT2D eigenvalue weighted by Gasteiger charge is 2.05. The molecule has 0 heterocycles. The van der Waals surface area contributed by atoms with E-state index in [4.69, 9.17) is 4.74 Å². The molecule has 2 aromatic carbocycles. The average Bonchev–Trinajstić information content (AvgIpc) is 2.69. The van der Waals surface area contributed by atoms with Gasteiger partial charge in [-0.25, -0.2) is 0 Å². The number of guanidine groups is 1. The van der Waals surface area contributed by atoms with Crippen LogP contribution in [0.4, 0.5) is 0 Å². The van der Waals surface area contributed by atoms with Gasteiger partial charge in [0.2, 0.25) is 0 Å². The molecule has 0 aliphatic heterocycles. The summed E-state index contributed by atoms with van der Waals surface area (Å²) < 4.78 is 5.69. The van der Waals surface area contributed by atoms with Crippen molar-refractivity contribution in [2.24, 2.45) is 4.99 Å². The van der Waals surface area contributed by atoms with Crippen LogP contribution in [-0.4, -0.2) is 38.6 Å². The highest BCUT2D eigenvalue weighted by atomic mass is 127. The summed E-state index contributed by atoms with van der Waals surface area (Å²) in [5, 5.41) is 9.26. The number of aliphatic imine (C=N–C) groups is 1. The lowest BCUT2D eigenvalue weighted by Gasteiger charge is -2.13. The summed E-state index contributed by atoms with van der Waals surface area (Å²) in [4.78, 5) is 16.1. The van der Waals surface area contributed by atoms with Gasteiger partial charge in [-0.3, -0.25) is 9.79 Å². The fraction of sp³-hybridized carbons (Fsp3) is 0.333. The molecule has 0 saturated heterocycles. The molecule has 3 N–H and O–H groups in total. The molecule has 0 saturated carbocycles. The number of hydrogen-bond acceptors (Lipinski definition) is 3. The van der Waals surface area contributed by atoms with Gasteiger partial charge in [-0.05, 0) is 43.7 Å². The Morgan fingerprint density at radius 3 is 2.50 bits per heavy atom. The van der Waals surface area contributed by atoms with Gasteiger partial charge >= 0.3 is 0 Å². The number of ether oxygens (including phenoxy) is 1. The minimum atomic E-state index is -0.0601. The first kappa shape index (κ1) is 23.7. The van der Waals surface area contributed by atoms with Gasteiger partial charge in [0.05, 0.1) is 6.54 Å². The molecule has 7 heteroatoms. The summed E-state index contributed by atoms with van der Waals surface area (Å²) in [7, 11) is 1.72. The Kier molecular flexibility index (Phi) is 11.0. The van der Waals surface area contributed by atoms with Crippen molar-refractivity contribution in [3.63, 3.8) is 0 Å². The molecular weight excluding hydrogens is 467 g/mol. The van der Waals surface area contributed by atoms with Gasteiger partial charge in [-0.1, -0.05) is 29.8 Å². The van der Waals surface area contributed by atoms with Crippen LogP contribution in [0.5, 0.6) is 5.75 Å². The van der Waals surface area contributed by atoms with Crippen molar-refractivity contribution in [3.8, 4) is 5.75 Å². The highest BCUT2D eigenvalue weighted by Crippen LogP contribution is 2.10. The maximum atomic E-state index is 11.9. The van der Waals surface area contributed by atoms with Crippen LogP contribution in [0.15, 0.2) is 53.5 Å². The van der Waals surface area contributed by atoms with Crippen LogP contribution in [0.25, 0.3) is 0 Å².